The summed E-state index contributed by atoms with van der Waals surface area (Å²) in [5, 5.41) is 0. The standard InChI is InChI=1S/C13H14O2.C2H6/c1-15-12(14)13(9-5-6-10-13)11-7-3-2-4-8-11;1-2/h2-8H,9-10H2,1H3;1-2H3. The third kappa shape index (κ3) is 2.57. The van der Waals surface area contributed by atoms with E-state index < -0.39 is 5.41 Å². The molecule has 92 valence electrons. The Hall–Kier alpha value is -1.57. The van der Waals surface area contributed by atoms with E-state index in [0.29, 0.717) is 0 Å². The molecule has 0 fully saturated rings. The lowest BCUT2D eigenvalue weighted by atomic mass is 9.78. The third-order valence-electron chi connectivity index (χ3n) is 3.00. The Bertz CT molecular complexity index is 371. The quantitative estimate of drug-likeness (QED) is 0.576. The fraction of sp³-hybridized carbons (Fsp3) is 0.400. The van der Waals surface area contributed by atoms with Crippen molar-refractivity contribution in [1.29, 1.82) is 0 Å². The summed E-state index contributed by atoms with van der Waals surface area (Å²) in [5.74, 6) is -0.140. The van der Waals surface area contributed by atoms with Gasteiger partial charge < -0.3 is 4.74 Å². The van der Waals surface area contributed by atoms with Gasteiger partial charge in [0.05, 0.1) is 12.5 Å². The van der Waals surface area contributed by atoms with E-state index in [1.165, 1.54) is 7.11 Å². The number of ether oxygens (including phenoxy) is 1. The molecule has 0 N–H and O–H groups in total. The second-order valence-electron chi connectivity index (χ2n) is 3.82. The number of carbonyl (C=O) groups excluding carboxylic acids is 1. The molecule has 0 saturated heterocycles. The number of carbonyl (C=O) groups is 1. The molecule has 2 rings (SSSR count). The number of esters is 1. The summed E-state index contributed by atoms with van der Waals surface area (Å²) in [5.41, 5.74) is 0.567. The zero-order valence-electron chi connectivity index (χ0n) is 10.8. The molecule has 0 radical (unpaired) electrons. The van der Waals surface area contributed by atoms with Crippen molar-refractivity contribution in [2.45, 2.75) is 32.1 Å². The van der Waals surface area contributed by atoms with Crippen LogP contribution in [-0.4, -0.2) is 13.1 Å². The van der Waals surface area contributed by atoms with Crippen molar-refractivity contribution in [3.8, 4) is 0 Å². The van der Waals surface area contributed by atoms with Gasteiger partial charge in [-0.1, -0.05) is 56.3 Å². The molecule has 17 heavy (non-hydrogen) atoms. The van der Waals surface area contributed by atoms with Crippen molar-refractivity contribution in [2.24, 2.45) is 0 Å². The number of hydrogen-bond donors (Lipinski definition) is 0. The molecule has 0 bridgehead atoms. The molecule has 1 aliphatic rings. The van der Waals surface area contributed by atoms with Crippen molar-refractivity contribution in [2.75, 3.05) is 7.11 Å². The molecular weight excluding hydrogens is 212 g/mol. The molecule has 0 saturated carbocycles. The molecule has 2 nitrogen and oxygen atoms in total. The van der Waals surface area contributed by atoms with E-state index in [4.69, 9.17) is 4.74 Å². The maximum atomic E-state index is 11.9. The van der Waals surface area contributed by atoms with Gasteiger partial charge in [0.1, 0.15) is 0 Å². The summed E-state index contributed by atoms with van der Waals surface area (Å²) in [6, 6.07) is 9.85. The van der Waals surface area contributed by atoms with E-state index in [1.54, 1.807) is 0 Å². The van der Waals surface area contributed by atoms with E-state index in [0.717, 1.165) is 18.4 Å². The van der Waals surface area contributed by atoms with Crippen LogP contribution in [0.3, 0.4) is 0 Å². The van der Waals surface area contributed by atoms with Crippen LogP contribution in [0, 0.1) is 0 Å². The predicted octanol–water partition coefficient (Wildman–Crippen LogP) is 3.47. The maximum absolute atomic E-state index is 11.9. The SMILES string of the molecule is CC.COC(=O)C1(c2ccccc2)CC=CC1. The lowest BCUT2D eigenvalue weighted by Gasteiger charge is -2.26. The van der Waals surface area contributed by atoms with Crippen molar-refractivity contribution in [3.63, 3.8) is 0 Å². The Morgan fingerprint density at radius 3 is 2.12 bits per heavy atom. The van der Waals surface area contributed by atoms with Crippen LogP contribution in [-0.2, 0) is 14.9 Å². The molecule has 1 aromatic rings. The van der Waals surface area contributed by atoms with E-state index in [1.807, 2.05) is 56.3 Å². The van der Waals surface area contributed by atoms with Gasteiger partial charge in [0.2, 0.25) is 0 Å². The van der Waals surface area contributed by atoms with Crippen LogP contribution in [0.5, 0.6) is 0 Å². The summed E-state index contributed by atoms with van der Waals surface area (Å²) in [6.07, 6.45) is 5.57. The number of benzene rings is 1. The maximum Gasteiger partial charge on any atom is 0.316 e. The van der Waals surface area contributed by atoms with Gasteiger partial charge in [-0.05, 0) is 18.4 Å². The minimum atomic E-state index is -0.476. The molecule has 0 atom stereocenters. The number of rotatable bonds is 2. The monoisotopic (exact) mass is 232 g/mol. The van der Waals surface area contributed by atoms with Gasteiger partial charge in [0, 0.05) is 0 Å². The fourth-order valence-corrected chi connectivity index (χ4v) is 2.13. The lowest BCUT2D eigenvalue weighted by Crippen LogP contribution is -2.34. The fourth-order valence-electron chi connectivity index (χ4n) is 2.13. The highest BCUT2D eigenvalue weighted by atomic mass is 16.5. The molecule has 1 aliphatic carbocycles. The summed E-state index contributed by atoms with van der Waals surface area (Å²) in [6.45, 7) is 4.00. The van der Waals surface area contributed by atoms with Gasteiger partial charge in [0.25, 0.3) is 0 Å². The predicted molar refractivity (Wildman–Crippen MR) is 69.9 cm³/mol. The molecule has 2 heteroatoms. The van der Waals surface area contributed by atoms with Gasteiger partial charge in [-0.25, -0.2) is 0 Å². The first-order valence-electron chi connectivity index (χ1n) is 6.08. The van der Waals surface area contributed by atoms with E-state index in [9.17, 15) is 4.79 Å². The summed E-state index contributed by atoms with van der Waals surface area (Å²) in [7, 11) is 1.45. The average molecular weight is 232 g/mol. The normalized spacial score (nSPS) is 15.9. The highest BCUT2D eigenvalue weighted by Gasteiger charge is 2.41. The Kier molecular flexibility index (Phi) is 4.95. The summed E-state index contributed by atoms with van der Waals surface area (Å²) < 4.78 is 4.91. The Morgan fingerprint density at radius 1 is 1.12 bits per heavy atom. The molecule has 0 aliphatic heterocycles. The van der Waals surface area contributed by atoms with Crippen LogP contribution in [0.15, 0.2) is 42.5 Å². The molecule has 0 spiro atoms. The number of hydrogen-bond acceptors (Lipinski definition) is 2. The van der Waals surface area contributed by atoms with Gasteiger partial charge >= 0.3 is 5.97 Å². The molecule has 0 amide bonds. The number of allylic oxidation sites excluding steroid dienone is 2. The van der Waals surface area contributed by atoms with Crippen LogP contribution >= 0.6 is 0 Å². The second-order valence-corrected chi connectivity index (χ2v) is 3.82. The van der Waals surface area contributed by atoms with E-state index in [2.05, 4.69) is 0 Å². The van der Waals surface area contributed by atoms with E-state index in [-0.39, 0.29) is 5.97 Å². The van der Waals surface area contributed by atoms with Crippen molar-refractivity contribution in [1.82, 2.24) is 0 Å². The third-order valence-corrected chi connectivity index (χ3v) is 3.00. The van der Waals surface area contributed by atoms with Crippen molar-refractivity contribution < 1.29 is 9.53 Å². The largest absolute Gasteiger partial charge is 0.468 e. The molecule has 0 aromatic heterocycles. The van der Waals surface area contributed by atoms with Crippen molar-refractivity contribution in [3.05, 3.63) is 48.0 Å². The minimum Gasteiger partial charge on any atom is -0.468 e. The summed E-state index contributed by atoms with van der Waals surface area (Å²) >= 11 is 0. The molecule has 1 aromatic carbocycles. The Morgan fingerprint density at radius 2 is 1.65 bits per heavy atom. The molecular formula is C15H20O2. The lowest BCUT2D eigenvalue weighted by molar-refractivity contribution is -0.147. The smallest absolute Gasteiger partial charge is 0.316 e. The van der Waals surface area contributed by atoms with Gasteiger partial charge in [-0.15, -0.1) is 0 Å². The highest BCUT2D eigenvalue weighted by Crippen LogP contribution is 2.37. The van der Waals surface area contributed by atoms with Crippen LogP contribution < -0.4 is 0 Å². The number of methoxy groups -OCH3 is 1. The van der Waals surface area contributed by atoms with Gasteiger partial charge in [0.15, 0.2) is 0 Å². The van der Waals surface area contributed by atoms with E-state index >= 15 is 0 Å². The first kappa shape index (κ1) is 13.5. The average Bonchev–Trinajstić information content (AvgIpc) is 2.92. The zero-order chi connectivity index (χ0) is 12.7. The highest BCUT2D eigenvalue weighted by molar-refractivity contribution is 5.84. The summed E-state index contributed by atoms with van der Waals surface area (Å²) in [4.78, 5) is 11.9. The van der Waals surface area contributed by atoms with Crippen LogP contribution in [0.1, 0.15) is 32.3 Å². The van der Waals surface area contributed by atoms with Crippen LogP contribution in [0.2, 0.25) is 0 Å². The zero-order valence-corrected chi connectivity index (χ0v) is 10.8. The Labute approximate surface area is 103 Å². The van der Waals surface area contributed by atoms with Crippen LogP contribution in [0.25, 0.3) is 0 Å². The topological polar surface area (TPSA) is 26.3 Å². The molecule has 0 heterocycles. The van der Waals surface area contributed by atoms with Crippen molar-refractivity contribution >= 4 is 5.97 Å². The van der Waals surface area contributed by atoms with Crippen LogP contribution in [0.4, 0.5) is 0 Å². The first-order chi connectivity index (χ1) is 8.29. The first-order valence-corrected chi connectivity index (χ1v) is 6.08. The second kappa shape index (κ2) is 6.24. The minimum absolute atomic E-state index is 0.140. The van der Waals surface area contributed by atoms with Gasteiger partial charge in [-0.2, -0.15) is 0 Å². The molecule has 0 unspecified atom stereocenters. The Balaban J connectivity index is 0.000000686. The van der Waals surface area contributed by atoms with Gasteiger partial charge in [-0.3, -0.25) is 4.79 Å².